The molecule has 0 aliphatic carbocycles. The minimum atomic E-state index is -0.905. The summed E-state index contributed by atoms with van der Waals surface area (Å²) < 4.78 is 36.5. The maximum absolute atomic E-state index is 13.2. The van der Waals surface area contributed by atoms with Crippen LogP contribution in [0.3, 0.4) is 0 Å². The maximum Gasteiger partial charge on any atom is 0.184 e. The number of ketones is 1. The van der Waals surface area contributed by atoms with Crippen LogP contribution in [0, 0.1) is 17.6 Å². The number of Topliss-reactive ketones (excluding diaryl/α,β-unsaturated/α-hetero) is 1. The minimum Gasteiger partial charge on any atom is -0.381 e. The van der Waals surface area contributed by atoms with Gasteiger partial charge in [0.1, 0.15) is 11.5 Å². The zero-order chi connectivity index (χ0) is 16.2. The molecule has 1 aliphatic heterocycles. The van der Waals surface area contributed by atoms with Crippen molar-refractivity contribution in [2.75, 3.05) is 13.2 Å². The van der Waals surface area contributed by atoms with Crippen molar-refractivity contribution in [2.45, 2.75) is 25.7 Å². The van der Waals surface area contributed by atoms with Gasteiger partial charge in [-0.15, -0.1) is 0 Å². The summed E-state index contributed by atoms with van der Waals surface area (Å²) in [5, 5.41) is 3.77. The molecule has 1 aliphatic rings. The molecule has 1 fully saturated rings. The van der Waals surface area contributed by atoms with Crippen LogP contribution in [0.1, 0.15) is 41.1 Å². The number of hydrogen-bond donors (Lipinski definition) is 0. The Morgan fingerprint density at radius 3 is 2.87 bits per heavy atom. The van der Waals surface area contributed by atoms with Gasteiger partial charge in [-0.05, 0) is 36.5 Å². The van der Waals surface area contributed by atoms with E-state index in [2.05, 4.69) is 5.16 Å². The topological polar surface area (TPSA) is 52.3 Å². The number of ether oxygens (including phenoxy) is 1. The first kappa shape index (κ1) is 15.8. The van der Waals surface area contributed by atoms with Crippen LogP contribution in [0.25, 0.3) is 0 Å². The van der Waals surface area contributed by atoms with Crippen molar-refractivity contribution in [3.05, 3.63) is 52.9 Å². The zero-order valence-corrected chi connectivity index (χ0v) is 12.6. The van der Waals surface area contributed by atoms with Crippen molar-refractivity contribution in [1.82, 2.24) is 5.16 Å². The van der Waals surface area contributed by atoms with Gasteiger partial charge in [0.25, 0.3) is 0 Å². The van der Waals surface area contributed by atoms with E-state index in [1.165, 1.54) is 6.07 Å². The van der Waals surface area contributed by atoms with Crippen LogP contribution in [0.15, 0.2) is 28.8 Å². The molecule has 4 nitrogen and oxygen atoms in total. The SMILES string of the molecule is O=C(CCC1CCOC1)c1cc(Cc2ccc(F)c(F)c2)on1. The van der Waals surface area contributed by atoms with E-state index in [1.54, 1.807) is 6.07 Å². The Labute approximate surface area is 132 Å². The van der Waals surface area contributed by atoms with Crippen LogP contribution in [0.2, 0.25) is 0 Å². The fraction of sp³-hybridized carbons (Fsp3) is 0.412. The van der Waals surface area contributed by atoms with Crippen molar-refractivity contribution < 1.29 is 22.8 Å². The highest BCUT2D eigenvalue weighted by Crippen LogP contribution is 2.20. The van der Waals surface area contributed by atoms with Gasteiger partial charge in [-0.2, -0.15) is 0 Å². The monoisotopic (exact) mass is 321 g/mol. The summed E-state index contributed by atoms with van der Waals surface area (Å²) in [5.41, 5.74) is 0.837. The van der Waals surface area contributed by atoms with Gasteiger partial charge in [-0.25, -0.2) is 8.78 Å². The van der Waals surface area contributed by atoms with Crippen LogP contribution in [0.4, 0.5) is 8.78 Å². The second-order valence-corrected chi connectivity index (χ2v) is 5.80. The third kappa shape index (κ3) is 4.01. The number of hydrogen-bond acceptors (Lipinski definition) is 4. The molecule has 1 saturated heterocycles. The second kappa shape index (κ2) is 7.00. The van der Waals surface area contributed by atoms with Gasteiger partial charge in [-0.3, -0.25) is 4.79 Å². The first-order valence-electron chi connectivity index (χ1n) is 7.62. The summed E-state index contributed by atoms with van der Waals surface area (Å²) in [5.74, 6) is -0.983. The van der Waals surface area contributed by atoms with Crippen molar-refractivity contribution in [3.8, 4) is 0 Å². The van der Waals surface area contributed by atoms with Crippen LogP contribution in [-0.4, -0.2) is 24.2 Å². The largest absolute Gasteiger partial charge is 0.381 e. The van der Waals surface area contributed by atoms with E-state index in [9.17, 15) is 13.6 Å². The summed E-state index contributed by atoms with van der Waals surface area (Å²) in [7, 11) is 0. The molecule has 1 atom stereocenters. The van der Waals surface area contributed by atoms with Gasteiger partial charge in [0, 0.05) is 32.1 Å². The molecule has 0 amide bonds. The highest BCUT2D eigenvalue weighted by molar-refractivity contribution is 5.94. The lowest BCUT2D eigenvalue weighted by molar-refractivity contribution is 0.0962. The number of benzene rings is 1. The molecule has 0 saturated carbocycles. The molecule has 0 N–H and O–H groups in total. The predicted molar refractivity (Wildman–Crippen MR) is 78.2 cm³/mol. The van der Waals surface area contributed by atoms with E-state index in [1.807, 2.05) is 0 Å². The van der Waals surface area contributed by atoms with Crippen LogP contribution in [0.5, 0.6) is 0 Å². The van der Waals surface area contributed by atoms with Crippen LogP contribution >= 0.6 is 0 Å². The smallest absolute Gasteiger partial charge is 0.184 e. The summed E-state index contributed by atoms with van der Waals surface area (Å²) in [6.45, 7) is 1.48. The maximum atomic E-state index is 13.2. The molecule has 1 unspecified atom stereocenters. The van der Waals surface area contributed by atoms with Gasteiger partial charge >= 0.3 is 0 Å². The zero-order valence-electron chi connectivity index (χ0n) is 12.6. The normalized spacial score (nSPS) is 17.6. The molecular weight excluding hydrogens is 304 g/mol. The van der Waals surface area contributed by atoms with Crippen LogP contribution < -0.4 is 0 Å². The van der Waals surface area contributed by atoms with Crippen molar-refractivity contribution >= 4 is 5.78 Å². The quantitative estimate of drug-likeness (QED) is 0.764. The Bertz CT molecular complexity index is 693. The second-order valence-electron chi connectivity index (χ2n) is 5.80. The molecule has 1 aromatic carbocycles. The van der Waals surface area contributed by atoms with Gasteiger partial charge < -0.3 is 9.26 Å². The predicted octanol–water partition coefficient (Wildman–Crippen LogP) is 3.54. The molecule has 0 spiro atoms. The highest BCUT2D eigenvalue weighted by Gasteiger charge is 2.19. The fourth-order valence-electron chi connectivity index (χ4n) is 2.65. The van der Waals surface area contributed by atoms with Gasteiger partial charge in [0.15, 0.2) is 17.4 Å². The Hall–Kier alpha value is -2.08. The number of carbonyl (C=O) groups is 1. The summed E-state index contributed by atoms with van der Waals surface area (Å²) in [6.07, 6.45) is 2.44. The molecular formula is C17H17F2NO3. The lowest BCUT2D eigenvalue weighted by Gasteiger charge is -2.04. The van der Waals surface area contributed by atoms with Gasteiger partial charge in [0.05, 0.1) is 0 Å². The first-order chi connectivity index (χ1) is 11.1. The van der Waals surface area contributed by atoms with Crippen LogP contribution in [-0.2, 0) is 11.2 Å². The number of rotatable bonds is 6. The highest BCUT2D eigenvalue weighted by atomic mass is 19.2. The molecule has 6 heteroatoms. The van der Waals surface area contributed by atoms with Crippen molar-refractivity contribution in [2.24, 2.45) is 5.92 Å². The van der Waals surface area contributed by atoms with E-state index < -0.39 is 11.6 Å². The molecule has 23 heavy (non-hydrogen) atoms. The Kier molecular flexibility index (Phi) is 4.81. The van der Waals surface area contributed by atoms with Gasteiger partial charge in [-0.1, -0.05) is 11.2 Å². The number of nitrogens with zero attached hydrogens (tertiary/aromatic N) is 1. The van der Waals surface area contributed by atoms with E-state index in [0.717, 1.165) is 31.6 Å². The lowest BCUT2D eigenvalue weighted by atomic mass is 10.00. The third-order valence-corrected chi connectivity index (χ3v) is 4.01. The molecule has 1 aromatic heterocycles. The summed E-state index contributed by atoms with van der Waals surface area (Å²) in [4.78, 5) is 12.1. The molecule has 2 heterocycles. The molecule has 2 aromatic rings. The average Bonchev–Trinajstić information content (AvgIpc) is 3.20. The van der Waals surface area contributed by atoms with Gasteiger partial charge in [0.2, 0.25) is 0 Å². The number of aromatic nitrogens is 1. The lowest BCUT2D eigenvalue weighted by Crippen LogP contribution is -2.05. The standard InChI is InChI=1S/C17H17F2NO3/c18-14-3-1-12(8-15(14)19)7-13-9-16(20-23-13)17(21)4-2-11-5-6-22-10-11/h1,3,8-9,11H,2,4-7,10H2. The van der Waals surface area contributed by atoms with E-state index in [0.29, 0.717) is 30.3 Å². The van der Waals surface area contributed by atoms with E-state index in [-0.39, 0.29) is 17.9 Å². The molecule has 0 bridgehead atoms. The molecule has 122 valence electrons. The molecule has 3 rings (SSSR count). The fourth-order valence-corrected chi connectivity index (χ4v) is 2.65. The van der Waals surface area contributed by atoms with Crippen molar-refractivity contribution in [1.29, 1.82) is 0 Å². The number of carbonyl (C=O) groups excluding carboxylic acids is 1. The Morgan fingerprint density at radius 1 is 1.26 bits per heavy atom. The summed E-state index contributed by atoms with van der Waals surface area (Å²) in [6, 6.07) is 5.22. The first-order valence-corrected chi connectivity index (χ1v) is 7.62. The van der Waals surface area contributed by atoms with E-state index in [4.69, 9.17) is 9.26 Å². The Balaban J connectivity index is 1.58. The summed E-state index contributed by atoms with van der Waals surface area (Å²) >= 11 is 0. The Morgan fingerprint density at radius 2 is 2.13 bits per heavy atom. The number of halogens is 2. The molecule has 0 radical (unpaired) electrons. The third-order valence-electron chi connectivity index (χ3n) is 4.01. The minimum absolute atomic E-state index is 0.0720. The average molecular weight is 321 g/mol. The van der Waals surface area contributed by atoms with Crippen molar-refractivity contribution in [3.63, 3.8) is 0 Å². The van der Waals surface area contributed by atoms with E-state index >= 15 is 0 Å².